The maximum atomic E-state index is 6.23. The number of nitrogens with two attached hydrogens (primary N) is 1. The van der Waals surface area contributed by atoms with Crippen LogP contribution in [-0.4, -0.2) is 23.5 Å². The molecule has 1 aromatic carbocycles. The number of benzene rings is 1. The summed E-state index contributed by atoms with van der Waals surface area (Å²) in [5, 5.41) is 0. The Kier molecular flexibility index (Phi) is 4.32. The zero-order valence-electron chi connectivity index (χ0n) is 12.7. The lowest BCUT2D eigenvalue weighted by Crippen LogP contribution is -2.59. The Morgan fingerprint density at radius 1 is 1.16 bits per heavy atom. The molecule has 1 saturated carbocycles. The first-order valence-electron chi connectivity index (χ1n) is 7.55. The van der Waals surface area contributed by atoms with Crippen molar-refractivity contribution in [1.82, 2.24) is 4.90 Å². The van der Waals surface area contributed by atoms with Crippen LogP contribution in [-0.2, 0) is 6.54 Å². The second kappa shape index (κ2) is 5.64. The maximum Gasteiger partial charge on any atom is 0.0385 e. The van der Waals surface area contributed by atoms with Crippen molar-refractivity contribution >= 4 is 0 Å². The number of hydrogen-bond donors (Lipinski definition) is 1. The van der Waals surface area contributed by atoms with E-state index in [2.05, 4.69) is 56.0 Å². The molecule has 2 nitrogen and oxygen atoms in total. The molecule has 0 aromatic heterocycles. The lowest BCUT2D eigenvalue weighted by atomic mass is 9.73. The number of hydrogen-bond acceptors (Lipinski definition) is 2. The molecule has 1 fully saturated rings. The third-order valence-electron chi connectivity index (χ3n) is 5.19. The molecule has 2 heteroatoms. The summed E-state index contributed by atoms with van der Waals surface area (Å²) in [6, 6.07) is 10.8. The van der Waals surface area contributed by atoms with Gasteiger partial charge in [0.1, 0.15) is 0 Å². The Bertz CT molecular complexity index is 399. The summed E-state index contributed by atoms with van der Waals surface area (Å²) in [6.07, 6.45) is 3.82. The van der Waals surface area contributed by atoms with Crippen LogP contribution in [0.1, 0.15) is 45.6 Å². The lowest BCUT2D eigenvalue weighted by Gasteiger charge is -2.49. The summed E-state index contributed by atoms with van der Waals surface area (Å²) in [4.78, 5) is 2.61. The second-order valence-corrected chi connectivity index (χ2v) is 6.47. The van der Waals surface area contributed by atoms with Gasteiger partial charge < -0.3 is 5.73 Å². The fourth-order valence-electron chi connectivity index (χ4n) is 3.86. The summed E-state index contributed by atoms with van der Waals surface area (Å²) >= 11 is 0. The van der Waals surface area contributed by atoms with Crippen LogP contribution in [0.3, 0.4) is 0 Å². The minimum Gasteiger partial charge on any atom is -0.329 e. The first-order chi connectivity index (χ1) is 9.05. The van der Waals surface area contributed by atoms with Gasteiger partial charge in [0.15, 0.2) is 0 Å². The van der Waals surface area contributed by atoms with E-state index in [0.29, 0.717) is 5.41 Å². The predicted octanol–water partition coefficient (Wildman–Crippen LogP) is 3.42. The monoisotopic (exact) mass is 260 g/mol. The molecule has 0 heterocycles. The average Bonchev–Trinajstić information content (AvgIpc) is 2.73. The van der Waals surface area contributed by atoms with Gasteiger partial charge in [-0.25, -0.2) is 0 Å². The molecule has 1 aromatic rings. The van der Waals surface area contributed by atoms with Crippen molar-refractivity contribution < 1.29 is 0 Å². The highest BCUT2D eigenvalue weighted by atomic mass is 15.2. The van der Waals surface area contributed by atoms with E-state index >= 15 is 0 Å². The van der Waals surface area contributed by atoms with E-state index in [1.165, 1.54) is 24.8 Å². The third kappa shape index (κ3) is 2.56. The predicted molar refractivity (Wildman–Crippen MR) is 81.9 cm³/mol. The Morgan fingerprint density at radius 3 is 2.32 bits per heavy atom. The molecule has 1 aliphatic rings. The molecule has 0 amide bonds. The van der Waals surface area contributed by atoms with Crippen LogP contribution in [0.2, 0.25) is 0 Å². The van der Waals surface area contributed by atoms with Gasteiger partial charge in [0, 0.05) is 18.6 Å². The van der Waals surface area contributed by atoms with Gasteiger partial charge in [-0.15, -0.1) is 0 Å². The summed E-state index contributed by atoms with van der Waals surface area (Å²) in [5.41, 5.74) is 8.10. The molecule has 0 bridgehead atoms. The minimum atomic E-state index is 0.164. The van der Waals surface area contributed by atoms with Crippen LogP contribution in [0.25, 0.3) is 0 Å². The standard InChI is InChI=1S/C17H28N2/c1-4-19(13-15-9-6-5-7-10-15)17(14-18)12-8-11-16(17,2)3/h5-7,9-10H,4,8,11-14,18H2,1-3H3. The van der Waals surface area contributed by atoms with Crippen molar-refractivity contribution in [1.29, 1.82) is 0 Å². The molecule has 0 saturated heterocycles. The van der Waals surface area contributed by atoms with Crippen LogP contribution < -0.4 is 5.73 Å². The number of likely N-dealkylation sites (N-methyl/N-ethyl adjacent to an activating group) is 1. The molecule has 2 N–H and O–H groups in total. The van der Waals surface area contributed by atoms with E-state index in [1.807, 2.05) is 0 Å². The van der Waals surface area contributed by atoms with Gasteiger partial charge in [-0.1, -0.05) is 57.5 Å². The molecule has 19 heavy (non-hydrogen) atoms. The summed E-state index contributed by atoms with van der Waals surface area (Å²) < 4.78 is 0. The van der Waals surface area contributed by atoms with Crippen LogP contribution in [0.4, 0.5) is 0 Å². The maximum absolute atomic E-state index is 6.23. The zero-order chi connectivity index (χ0) is 13.9. The molecule has 2 rings (SSSR count). The van der Waals surface area contributed by atoms with Gasteiger partial charge in [-0.3, -0.25) is 4.90 Å². The Labute approximate surface area is 118 Å². The van der Waals surface area contributed by atoms with Crippen molar-refractivity contribution in [3.63, 3.8) is 0 Å². The zero-order valence-corrected chi connectivity index (χ0v) is 12.7. The van der Waals surface area contributed by atoms with Gasteiger partial charge in [-0.05, 0) is 30.4 Å². The lowest BCUT2D eigenvalue weighted by molar-refractivity contribution is 0.0101. The smallest absolute Gasteiger partial charge is 0.0385 e. The highest BCUT2D eigenvalue weighted by Gasteiger charge is 2.50. The highest BCUT2D eigenvalue weighted by molar-refractivity contribution is 5.16. The SMILES string of the molecule is CCN(Cc1ccccc1)C1(CN)CCCC1(C)C. The van der Waals surface area contributed by atoms with E-state index in [1.54, 1.807) is 0 Å². The average molecular weight is 260 g/mol. The largest absolute Gasteiger partial charge is 0.329 e. The minimum absolute atomic E-state index is 0.164. The first-order valence-corrected chi connectivity index (χ1v) is 7.55. The van der Waals surface area contributed by atoms with E-state index in [4.69, 9.17) is 5.73 Å². The van der Waals surface area contributed by atoms with E-state index in [9.17, 15) is 0 Å². The molecule has 0 aliphatic heterocycles. The highest BCUT2D eigenvalue weighted by Crippen LogP contribution is 2.49. The summed E-state index contributed by atoms with van der Waals surface area (Å²) in [5.74, 6) is 0. The molecule has 0 spiro atoms. The van der Waals surface area contributed by atoms with Gasteiger partial charge in [0.25, 0.3) is 0 Å². The van der Waals surface area contributed by atoms with Gasteiger partial charge in [0.05, 0.1) is 0 Å². The molecular weight excluding hydrogens is 232 g/mol. The molecule has 1 atom stereocenters. The van der Waals surface area contributed by atoms with Crippen LogP contribution in [0.15, 0.2) is 30.3 Å². The number of nitrogens with zero attached hydrogens (tertiary/aromatic N) is 1. The van der Waals surface area contributed by atoms with E-state index in [0.717, 1.165) is 19.6 Å². The molecule has 1 unspecified atom stereocenters. The molecule has 0 radical (unpaired) electrons. The van der Waals surface area contributed by atoms with Gasteiger partial charge >= 0.3 is 0 Å². The van der Waals surface area contributed by atoms with Crippen molar-refractivity contribution in [2.45, 2.75) is 52.1 Å². The quantitative estimate of drug-likeness (QED) is 0.879. The van der Waals surface area contributed by atoms with E-state index < -0.39 is 0 Å². The van der Waals surface area contributed by atoms with Crippen LogP contribution in [0.5, 0.6) is 0 Å². The first kappa shape index (κ1) is 14.5. The summed E-state index contributed by atoms with van der Waals surface area (Å²) in [7, 11) is 0. The van der Waals surface area contributed by atoms with Crippen molar-refractivity contribution in [3.8, 4) is 0 Å². The fourth-order valence-corrected chi connectivity index (χ4v) is 3.86. The van der Waals surface area contributed by atoms with Crippen molar-refractivity contribution in [2.75, 3.05) is 13.1 Å². The van der Waals surface area contributed by atoms with Crippen molar-refractivity contribution in [3.05, 3.63) is 35.9 Å². The second-order valence-electron chi connectivity index (χ2n) is 6.47. The molecular formula is C17H28N2. The molecule has 1 aliphatic carbocycles. The topological polar surface area (TPSA) is 29.3 Å². The van der Waals surface area contributed by atoms with E-state index in [-0.39, 0.29) is 5.54 Å². The van der Waals surface area contributed by atoms with Crippen LogP contribution in [0, 0.1) is 5.41 Å². The number of rotatable bonds is 5. The Hall–Kier alpha value is -0.860. The van der Waals surface area contributed by atoms with Gasteiger partial charge in [0.2, 0.25) is 0 Å². The normalized spacial score (nSPS) is 25.9. The summed E-state index contributed by atoms with van der Waals surface area (Å²) in [6.45, 7) is 9.88. The third-order valence-corrected chi connectivity index (χ3v) is 5.19. The molecule has 106 valence electrons. The van der Waals surface area contributed by atoms with Crippen LogP contribution >= 0.6 is 0 Å². The fraction of sp³-hybridized carbons (Fsp3) is 0.647. The Balaban J connectivity index is 2.25. The van der Waals surface area contributed by atoms with Gasteiger partial charge in [-0.2, -0.15) is 0 Å². The van der Waals surface area contributed by atoms with Crippen molar-refractivity contribution in [2.24, 2.45) is 11.1 Å². The Morgan fingerprint density at radius 2 is 1.84 bits per heavy atom.